The molecule has 1 fully saturated rings. The highest BCUT2D eigenvalue weighted by atomic mass is 127. The first-order chi connectivity index (χ1) is 15.2. The molecule has 2 aromatic rings. The zero-order valence-corrected chi connectivity index (χ0v) is 22.0. The van der Waals surface area contributed by atoms with Crippen molar-refractivity contribution in [3.63, 3.8) is 0 Å². The molecule has 0 spiro atoms. The molecule has 0 amide bonds. The monoisotopic (exact) mass is 568 g/mol. The Morgan fingerprint density at radius 1 is 1.22 bits per heavy atom. The number of rotatable bonds is 5. The first-order valence-electron chi connectivity index (χ1n) is 11.1. The van der Waals surface area contributed by atoms with Gasteiger partial charge in [0.1, 0.15) is 0 Å². The highest BCUT2D eigenvalue weighted by Crippen LogP contribution is 2.30. The van der Waals surface area contributed by atoms with Crippen LogP contribution in [0, 0.1) is 5.92 Å². The average Bonchev–Trinajstić information content (AvgIpc) is 3.30. The molecule has 8 heteroatoms. The molecule has 4 rings (SSSR count). The van der Waals surface area contributed by atoms with E-state index in [9.17, 15) is 4.79 Å². The largest absolute Gasteiger partial charge is 0.469 e. The smallest absolute Gasteiger partial charge is 0.308 e. The van der Waals surface area contributed by atoms with E-state index in [1.54, 1.807) is 0 Å². The number of benzene rings is 1. The Kier molecular flexibility index (Phi) is 9.36. The summed E-state index contributed by atoms with van der Waals surface area (Å²) in [5, 5.41) is 5.84. The number of hydrogen-bond donors (Lipinski definition) is 1. The van der Waals surface area contributed by atoms with Crippen LogP contribution in [0.5, 0.6) is 0 Å². The maximum absolute atomic E-state index is 11.8. The van der Waals surface area contributed by atoms with E-state index < -0.39 is 0 Å². The summed E-state index contributed by atoms with van der Waals surface area (Å²) in [6.45, 7) is 4.49. The predicted octanol–water partition coefficient (Wildman–Crippen LogP) is 3.93. The third kappa shape index (κ3) is 5.82. The number of likely N-dealkylation sites (tertiary alicyclic amines) is 1. The van der Waals surface area contributed by atoms with Gasteiger partial charge in [0.25, 0.3) is 0 Å². The third-order valence-corrected chi connectivity index (χ3v) is 7.48. The number of carbonyl (C=O) groups excluding carboxylic acids is 1. The van der Waals surface area contributed by atoms with Crippen molar-refractivity contribution in [3.05, 3.63) is 57.8 Å². The first kappa shape index (κ1) is 25.0. The molecule has 1 saturated heterocycles. The molecule has 1 aromatic heterocycles. The minimum absolute atomic E-state index is 0. The van der Waals surface area contributed by atoms with Crippen LogP contribution < -0.4 is 5.32 Å². The molecule has 1 aromatic carbocycles. The molecule has 0 aliphatic carbocycles. The number of nitrogens with one attached hydrogen (secondary N) is 1. The lowest BCUT2D eigenvalue weighted by molar-refractivity contribution is -0.146. The summed E-state index contributed by atoms with van der Waals surface area (Å²) in [4.78, 5) is 22.7. The number of ether oxygens (including phenoxy) is 1. The molecule has 0 saturated carbocycles. The SMILES string of the molecule is CN=C(NCC(c1ccccc1)N1CCc2sccc2C1)N1CCC(C(=O)OC)CC1.I. The maximum Gasteiger partial charge on any atom is 0.308 e. The Labute approximate surface area is 212 Å². The quantitative estimate of drug-likeness (QED) is 0.257. The fourth-order valence-electron chi connectivity index (χ4n) is 4.68. The van der Waals surface area contributed by atoms with E-state index in [-0.39, 0.29) is 41.9 Å². The summed E-state index contributed by atoms with van der Waals surface area (Å²) in [6, 6.07) is 13.3. The number of hydrogen-bond acceptors (Lipinski definition) is 5. The Morgan fingerprint density at radius 2 is 1.97 bits per heavy atom. The van der Waals surface area contributed by atoms with E-state index in [2.05, 4.69) is 61.9 Å². The Balaban J connectivity index is 0.00000289. The number of fused-ring (bicyclic) bond motifs is 1. The molecule has 2 aliphatic heterocycles. The Hall–Kier alpha value is -1.65. The van der Waals surface area contributed by atoms with Gasteiger partial charge in [-0.1, -0.05) is 30.3 Å². The van der Waals surface area contributed by atoms with Gasteiger partial charge in [0.15, 0.2) is 5.96 Å². The van der Waals surface area contributed by atoms with Crippen molar-refractivity contribution in [1.82, 2.24) is 15.1 Å². The van der Waals surface area contributed by atoms with Gasteiger partial charge in [-0.2, -0.15) is 0 Å². The van der Waals surface area contributed by atoms with E-state index in [0.717, 1.165) is 57.9 Å². The number of aliphatic imine (C=N–C) groups is 1. The summed E-state index contributed by atoms with van der Waals surface area (Å²) in [5.74, 6) is 0.826. The van der Waals surface area contributed by atoms with Crippen molar-refractivity contribution < 1.29 is 9.53 Å². The van der Waals surface area contributed by atoms with E-state index in [1.807, 2.05) is 18.4 Å². The topological polar surface area (TPSA) is 57.2 Å². The van der Waals surface area contributed by atoms with Gasteiger partial charge in [-0.05, 0) is 41.8 Å². The molecule has 0 radical (unpaired) electrons. The molecule has 174 valence electrons. The van der Waals surface area contributed by atoms with Crippen LogP contribution in [-0.2, 0) is 22.5 Å². The van der Waals surface area contributed by atoms with Crippen molar-refractivity contribution in [2.45, 2.75) is 31.8 Å². The highest BCUT2D eigenvalue weighted by Gasteiger charge is 2.29. The molecule has 32 heavy (non-hydrogen) atoms. The van der Waals surface area contributed by atoms with Crippen LogP contribution >= 0.6 is 35.3 Å². The van der Waals surface area contributed by atoms with Crippen LogP contribution in [-0.4, -0.2) is 62.1 Å². The zero-order chi connectivity index (χ0) is 21.6. The van der Waals surface area contributed by atoms with Crippen molar-refractivity contribution in [3.8, 4) is 0 Å². The number of carbonyl (C=O) groups is 1. The fourth-order valence-corrected chi connectivity index (χ4v) is 5.57. The van der Waals surface area contributed by atoms with Crippen LogP contribution in [0.1, 0.15) is 34.9 Å². The van der Waals surface area contributed by atoms with Gasteiger partial charge in [0, 0.05) is 44.6 Å². The van der Waals surface area contributed by atoms with Gasteiger partial charge < -0.3 is 15.0 Å². The van der Waals surface area contributed by atoms with Gasteiger partial charge >= 0.3 is 5.97 Å². The minimum atomic E-state index is -0.0929. The number of guanidine groups is 1. The molecule has 1 N–H and O–H groups in total. The second kappa shape index (κ2) is 12.0. The van der Waals surface area contributed by atoms with E-state index in [1.165, 1.54) is 23.1 Å². The lowest BCUT2D eigenvalue weighted by atomic mass is 9.97. The van der Waals surface area contributed by atoms with Gasteiger partial charge in [0.2, 0.25) is 0 Å². The van der Waals surface area contributed by atoms with Crippen molar-refractivity contribution in [2.24, 2.45) is 10.9 Å². The summed E-state index contributed by atoms with van der Waals surface area (Å²) in [7, 11) is 3.31. The molecule has 1 atom stereocenters. The van der Waals surface area contributed by atoms with Crippen LogP contribution in [0.15, 0.2) is 46.8 Å². The van der Waals surface area contributed by atoms with Crippen LogP contribution in [0.4, 0.5) is 0 Å². The van der Waals surface area contributed by atoms with Gasteiger partial charge in [-0.15, -0.1) is 35.3 Å². The van der Waals surface area contributed by atoms with Gasteiger partial charge in [-0.25, -0.2) is 0 Å². The molecule has 0 bridgehead atoms. The van der Waals surface area contributed by atoms with Crippen molar-refractivity contribution >= 4 is 47.2 Å². The normalized spacial score (nSPS) is 18.4. The van der Waals surface area contributed by atoms with Crippen LogP contribution in [0.25, 0.3) is 0 Å². The van der Waals surface area contributed by atoms with Crippen molar-refractivity contribution in [2.75, 3.05) is 40.3 Å². The second-order valence-electron chi connectivity index (χ2n) is 8.23. The number of thiophene rings is 1. The zero-order valence-electron chi connectivity index (χ0n) is 18.8. The van der Waals surface area contributed by atoms with Crippen LogP contribution in [0.3, 0.4) is 0 Å². The molecular weight excluding hydrogens is 535 g/mol. The van der Waals surface area contributed by atoms with Gasteiger partial charge in [-0.3, -0.25) is 14.7 Å². The maximum atomic E-state index is 11.8. The van der Waals surface area contributed by atoms with E-state index >= 15 is 0 Å². The van der Waals surface area contributed by atoms with E-state index in [4.69, 9.17) is 4.74 Å². The van der Waals surface area contributed by atoms with E-state index in [0.29, 0.717) is 0 Å². The first-order valence-corrected chi connectivity index (χ1v) is 11.9. The minimum Gasteiger partial charge on any atom is -0.469 e. The molecule has 2 aliphatic rings. The number of halogens is 1. The lowest BCUT2D eigenvalue weighted by Gasteiger charge is -2.37. The number of nitrogens with zero attached hydrogens (tertiary/aromatic N) is 3. The average molecular weight is 569 g/mol. The summed E-state index contributed by atoms with van der Waals surface area (Å²) in [6.07, 6.45) is 2.73. The predicted molar refractivity (Wildman–Crippen MR) is 141 cm³/mol. The number of esters is 1. The molecule has 6 nitrogen and oxygen atoms in total. The standard InChI is InChI=1S/C24H32N4O2S.HI/c1-25-24(27-12-8-19(9-13-27)23(29)30-2)26-16-21(18-6-4-3-5-7-18)28-14-10-22-20(17-28)11-15-31-22;/h3-7,11,15,19,21H,8-10,12-14,16-17H2,1-2H3,(H,25,26);1H. The van der Waals surface area contributed by atoms with Gasteiger partial charge in [0.05, 0.1) is 19.1 Å². The Bertz CT molecular complexity index is 896. The molecule has 1 unspecified atom stereocenters. The summed E-state index contributed by atoms with van der Waals surface area (Å²) >= 11 is 1.88. The Morgan fingerprint density at radius 3 is 2.66 bits per heavy atom. The second-order valence-corrected chi connectivity index (χ2v) is 9.23. The lowest BCUT2D eigenvalue weighted by Crippen LogP contribution is -2.49. The molecular formula is C24H33IN4O2S. The van der Waals surface area contributed by atoms with Crippen LogP contribution in [0.2, 0.25) is 0 Å². The summed E-state index contributed by atoms with van der Waals surface area (Å²) < 4.78 is 4.92. The third-order valence-electron chi connectivity index (χ3n) is 6.46. The summed E-state index contributed by atoms with van der Waals surface area (Å²) in [5.41, 5.74) is 2.79. The highest BCUT2D eigenvalue weighted by molar-refractivity contribution is 14.0. The fraction of sp³-hybridized carbons (Fsp3) is 0.500. The number of piperidine rings is 1. The van der Waals surface area contributed by atoms with Crippen molar-refractivity contribution in [1.29, 1.82) is 0 Å². The number of methoxy groups -OCH3 is 1. The molecule has 3 heterocycles.